The van der Waals surface area contributed by atoms with Crippen LogP contribution in [-0.4, -0.2) is 18.5 Å². The van der Waals surface area contributed by atoms with Crippen molar-refractivity contribution in [3.63, 3.8) is 0 Å². The second-order valence-electron chi connectivity index (χ2n) is 3.80. The zero-order valence-corrected chi connectivity index (χ0v) is 9.63. The van der Waals surface area contributed by atoms with Gasteiger partial charge in [-0.25, -0.2) is 0 Å². The molecule has 1 aliphatic heterocycles. The van der Waals surface area contributed by atoms with Gasteiger partial charge >= 0.3 is 0 Å². The van der Waals surface area contributed by atoms with Crippen LogP contribution in [0.4, 0.5) is 0 Å². The first-order valence-corrected chi connectivity index (χ1v) is 6.40. The predicted molar refractivity (Wildman–Crippen MR) is 64.0 cm³/mol. The van der Waals surface area contributed by atoms with Crippen molar-refractivity contribution >= 4 is 11.8 Å². The number of nitrogens with two attached hydrogens (primary N) is 1. The molecule has 0 bridgehead atoms. The van der Waals surface area contributed by atoms with Crippen LogP contribution in [0.3, 0.4) is 0 Å². The average Bonchev–Trinajstić information content (AvgIpc) is 2.79. The number of ether oxygens (including phenoxy) is 1. The van der Waals surface area contributed by atoms with Crippen LogP contribution in [0.15, 0.2) is 29.2 Å². The van der Waals surface area contributed by atoms with E-state index in [1.807, 2.05) is 11.8 Å². The van der Waals surface area contributed by atoms with Gasteiger partial charge in [-0.3, -0.25) is 0 Å². The van der Waals surface area contributed by atoms with Gasteiger partial charge in [0.05, 0.1) is 6.10 Å². The summed E-state index contributed by atoms with van der Waals surface area (Å²) in [6.45, 7) is 1.56. The fraction of sp³-hybridized carbons (Fsp3) is 0.500. The van der Waals surface area contributed by atoms with Gasteiger partial charge in [-0.1, -0.05) is 12.1 Å². The molecular weight excluding hydrogens is 206 g/mol. The molecule has 2 N–H and O–H groups in total. The Morgan fingerprint density at radius 3 is 3.13 bits per heavy atom. The molecule has 1 aromatic carbocycles. The summed E-state index contributed by atoms with van der Waals surface area (Å²) >= 11 is 1.87. The molecule has 1 unspecified atom stereocenters. The summed E-state index contributed by atoms with van der Waals surface area (Å²) in [4.78, 5) is 1.30. The van der Waals surface area contributed by atoms with Crippen molar-refractivity contribution in [2.45, 2.75) is 30.4 Å². The molecule has 3 heteroatoms. The lowest BCUT2D eigenvalue weighted by Crippen LogP contribution is -2.07. The summed E-state index contributed by atoms with van der Waals surface area (Å²) in [7, 11) is 0. The highest BCUT2D eigenvalue weighted by molar-refractivity contribution is 7.99. The van der Waals surface area contributed by atoms with E-state index >= 15 is 0 Å². The maximum atomic E-state index is 5.60. The van der Waals surface area contributed by atoms with E-state index in [1.165, 1.54) is 23.3 Å². The first kappa shape index (κ1) is 11.0. The molecule has 2 nitrogen and oxygen atoms in total. The Bertz CT molecular complexity index is 310. The van der Waals surface area contributed by atoms with Crippen molar-refractivity contribution in [2.75, 3.05) is 12.4 Å². The summed E-state index contributed by atoms with van der Waals surface area (Å²) in [5.41, 5.74) is 6.80. The third-order valence-corrected chi connectivity index (χ3v) is 3.72. The molecule has 0 amide bonds. The minimum atomic E-state index is 0.455. The van der Waals surface area contributed by atoms with E-state index in [9.17, 15) is 0 Å². The Hall–Kier alpha value is -0.510. The van der Waals surface area contributed by atoms with Gasteiger partial charge in [0.15, 0.2) is 0 Å². The van der Waals surface area contributed by atoms with Gasteiger partial charge < -0.3 is 10.5 Å². The summed E-state index contributed by atoms with van der Waals surface area (Å²) in [5.74, 6) is 1.06. The quantitative estimate of drug-likeness (QED) is 0.796. The van der Waals surface area contributed by atoms with Gasteiger partial charge in [-0.15, -0.1) is 11.8 Å². The van der Waals surface area contributed by atoms with E-state index < -0.39 is 0 Å². The molecule has 1 heterocycles. The summed E-state index contributed by atoms with van der Waals surface area (Å²) in [5, 5.41) is 0. The largest absolute Gasteiger partial charge is 0.377 e. The highest BCUT2D eigenvalue weighted by Crippen LogP contribution is 2.24. The fourth-order valence-corrected chi connectivity index (χ4v) is 2.78. The van der Waals surface area contributed by atoms with Crippen LogP contribution in [0, 0.1) is 0 Å². The molecule has 2 rings (SSSR count). The molecule has 82 valence electrons. The number of benzene rings is 1. The lowest BCUT2D eigenvalue weighted by Gasteiger charge is -2.09. The van der Waals surface area contributed by atoms with Crippen molar-refractivity contribution < 1.29 is 4.74 Å². The first-order chi connectivity index (χ1) is 7.38. The lowest BCUT2D eigenvalue weighted by molar-refractivity contribution is 0.129. The average molecular weight is 223 g/mol. The summed E-state index contributed by atoms with van der Waals surface area (Å²) in [6.07, 6.45) is 2.88. The maximum Gasteiger partial charge on any atom is 0.0669 e. The fourth-order valence-electron chi connectivity index (χ4n) is 1.73. The molecule has 1 aliphatic rings. The van der Waals surface area contributed by atoms with Crippen molar-refractivity contribution in [2.24, 2.45) is 5.73 Å². The Kier molecular flexibility index (Phi) is 4.06. The van der Waals surface area contributed by atoms with Crippen molar-refractivity contribution in [3.8, 4) is 0 Å². The van der Waals surface area contributed by atoms with Crippen LogP contribution >= 0.6 is 11.8 Å². The smallest absolute Gasteiger partial charge is 0.0669 e. The van der Waals surface area contributed by atoms with E-state index in [1.54, 1.807) is 0 Å². The third kappa shape index (κ3) is 3.23. The molecule has 1 aromatic rings. The van der Waals surface area contributed by atoms with E-state index in [2.05, 4.69) is 24.3 Å². The maximum absolute atomic E-state index is 5.60. The van der Waals surface area contributed by atoms with Crippen LogP contribution in [0.2, 0.25) is 0 Å². The molecule has 1 fully saturated rings. The standard InChI is InChI=1S/C12H17NOS/c13-8-10-3-1-5-12(7-10)15-9-11-4-2-6-14-11/h1,3,5,7,11H,2,4,6,8-9,13H2. The van der Waals surface area contributed by atoms with E-state index in [0.717, 1.165) is 12.4 Å². The van der Waals surface area contributed by atoms with Crippen LogP contribution in [0.5, 0.6) is 0 Å². The van der Waals surface area contributed by atoms with Crippen LogP contribution in [-0.2, 0) is 11.3 Å². The lowest BCUT2D eigenvalue weighted by atomic mass is 10.2. The van der Waals surface area contributed by atoms with Crippen LogP contribution in [0.1, 0.15) is 18.4 Å². The van der Waals surface area contributed by atoms with Gasteiger partial charge in [-0.2, -0.15) is 0 Å². The molecule has 0 spiro atoms. The van der Waals surface area contributed by atoms with E-state index in [4.69, 9.17) is 10.5 Å². The van der Waals surface area contributed by atoms with Crippen molar-refractivity contribution in [1.29, 1.82) is 0 Å². The second-order valence-corrected chi connectivity index (χ2v) is 4.89. The number of hydrogen-bond acceptors (Lipinski definition) is 3. The molecule has 0 aromatic heterocycles. The van der Waals surface area contributed by atoms with E-state index in [-0.39, 0.29) is 0 Å². The number of thioether (sulfide) groups is 1. The first-order valence-electron chi connectivity index (χ1n) is 5.42. The highest BCUT2D eigenvalue weighted by atomic mass is 32.2. The summed E-state index contributed by atoms with van der Waals surface area (Å²) < 4.78 is 5.59. The predicted octanol–water partition coefficient (Wildman–Crippen LogP) is 2.42. The Labute approximate surface area is 95.2 Å². The monoisotopic (exact) mass is 223 g/mol. The molecule has 1 atom stereocenters. The molecule has 15 heavy (non-hydrogen) atoms. The van der Waals surface area contributed by atoms with Gasteiger partial charge in [0.1, 0.15) is 0 Å². The number of hydrogen-bond donors (Lipinski definition) is 1. The second kappa shape index (κ2) is 5.54. The Morgan fingerprint density at radius 2 is 2.40 bits per heavy atom. The zero-order chi connectivity index (χ0) is 10.5. The topological polar surface area (TPSA) is 35.2 Å². The van der Waals surface area contributed by atoms with Crippen LogP contribution in [0.25, 0.3) is 0 Å². The van der Waals surface area contributed by atoms with Crippen molar-refractivity contribution in [3.05, 3.63) is 29.8 Å². The molecule has 0 radical (unpaired) electrons. The van der Waals surface area contributed by atoms with Gasteiger partial charge in [-0.05, 0) is 30.5 Å². The minimum Gasteiger partial charge on any atom is -0.377 e. The normalized spacial score (nSPS) is 20.7. The summed E-state index contributed by atoms with van der Waals surface area (Å²) in [6, 6.07) is 8.44. The van der Waals surface area contributed by atoms with Gasteiger partial charge in [0.2, 0.25) is 0 Å². The highest BCUT2D eigenvalue weighted by Gasteiger charge is 2.15. The Balaban J connectivity index is 1.86. The molecule has 0 saturated carbocycles. The minimum absolute atomic E-state index is 0.455. The third-order valence-electron chi connectivity index (χ3n) is 2.59. The molecule has 0 aliphatic carbocycles. The molecular formula is C12H17NOS. The van der Waals surface area contributed by atoms with Crippen molar-refractivity contribution in [1.82, 2.24) is 0 Å². The van der Waals surface area contributed by atoms with Gasteiger partial charge in [0.25, 0.3) is 0 Å². The van der Waals surface area contributed by atoms with E-state index in [0.29, 0.717) is 12.6 Å². The molecule has 1 saturated heterocycles. The van der Waals surface area contributed by atoms with Crippen LogP contribution < -0.4 is 5.73 Å². The Morgan fingerprint density at radius 1 is 1.47 bits per heavy atom. The van der Waals surface area contributed by atoms with Gasteiger partial charge in [0, 0.05) is 23.8 Å². The zero-order valence-electron chi connectivity index (χ0n) is 8.82. The number of rotatable bonds is 4. The SMILES string of the molecule is NCc1cccc(SCC2CCCO2)c1.